The van der Waals surface area contributed by atoms with Crippen LogP contribution in [-0.2, 0) is 0 Å². The summed E-state index contributed by atoms with van der Waals surface area (Å²) in [5.74, 6) is 0. The van der Waals surface area contributed by atoms with E-state index in [4.69, 9.17) is 28.9 Å². The van der Waals surface area contributed by atoms with Crippen LogP contribution in [0, 0.1) is 0 Å². The molecule has 1 aromatic heterocycles. The van der Waals surface area contributed by atoms with E-state index in [1.165, 1.54) is 0 Å². The number of hydrogen-bond acceptors (Lipinski definition) is 2. The molecule has 2 N–H and O–H groups in total. The van der Waals surface area contributed by atoms with Crippen molar-refractivity contribution in [2.45, 2.75) is 6.04 Å². The average molecular weight is 332 g/mol. The zero-order valence-corrected chi connectivity index (χ0v) is 11.8. The van der Waals surface area contributed by atoms with Crippen molar-refractivity contribution in [1.82, 2.24) is 4.98 Å². The van der Waals surface area contributed by atoms with E-state index in [0.717, 1.165) is 15.6 Å². The van der Waals surface area contributed by atoms with Gasteiger partial charge >= 0.3 is 0 Å². The normalized spacial score (nSPS) is 12.5. The molecule has 1 aromatic carbocycles. The third kappa shape index (κ3) is 2.80. The van der Waals surface area contributed by atoms with Gasteiger partial charge in [-0.05, 0) is 39.2 Å². The van der Waals surface area contributed by atoms with Gasteiger partial charge in [-0.2, -0.15) is 0 Å². The van der Waals surface area contributed by atoms with E-state index in [1.54, 1.807) is 18.5 Å². The van der Waals surface area contributed by atoms with Gasteiger partial charge in [0.2, 0.25) is 0 Å². The van der Waals surface area contributed by atoms with E-state index in [1.807, 2.05) is 18.2 Å². The molecule has 0 saturated carbocycles. The highest BCUT2D eigenvalue weighted by molar-refractivity contribution is 9.10. The summed E-state index contributed by atoms with van der Waals surface area (Å²) in [4.78, 5) is 4.08. The molecule has 1 unspecified atom stereocenters. The van der Waals surface area contributed by atoms with E-state index < -0.39 is 0 Å². The number of pyridine rings is 1. The summed E-state index contributed by atoms with van der Waals surface area (Å²) in [6.07, 6.45) is 3.42. The Hall–Kier alpha value is -0.610. The number of benzene rings is 1. The number of aromatic nitrogens is 1. The first kappa shape index (κ1) is 12.8. The van der Waals surface area contributed by atoms with E-state index in [2.05, 4.69) is 20.9 Å². The van der Waals surface area contributed by atoms with Crippen LogP contribution in [0.4, 0.5) is 0 Å². The predicted octanol–water partition coefficient (Wildman–Crippen LogP) is 4.20. The van der Waals surface area contributed by atoms with Gasteiger partial charge in [-0.15, -0.1) is 0 Å². The molecular weight excluding hydrogens is 323 g/mol. The first-order chi connectivity index (χ1) is 8.09. The number of hydrogen-bond donors (Lipinski definition) is 1. The lowest BCUT2D eigenvalue weighted by atomic mass is 10.0. The summed E-state index contributed by atoms with van der Waals surface area (Å²) in [5, 5.41) is 0.990. The molecule has 17 heavy (non-hydrogen) atoms. The predicted molar refractivity (Wildman–Crippen MR) is 74.4 cm³/mol. The second-order valence-corrected chi connectivity index (χ2v) is 5.26. The molecule has 0 amide bonds. The van der Waals surface area contributed by atoms with Crippen molar-refractivity contribution in [3.05, 3.63) is 62.3 Å². The maximum Gasteiger partial charge on any atom is 0.0643 e. The highest BCUT2D eigenvalue weighted by Gasteiger charge is 2.14. The topological polar surface area (TPSA) is 38.9 Å². The zero-order valence-electron chi connectivity index (χ0n) is 8.70. The van der Waals surface area contributed by atoms with Crippen molar-refractivity contribution < 1.29 is 0 Å². The minimum Gasteiger partial charge on any atom is -0.320 e. The lowest BCUT2D eigenvalue weighted by Gasteiger charge is -2.14. The van der Waals surface area contributed by atoms with Crippen LogP contribution < -0.4 is 5.73 Å². The van der Waals surface area contributed by atoms with Crippen molar-refractivity contribution in [3.63, 3.8) is 0 Å². The molecule has 2 rings (SSSR count). The van der Waals surface area contributed by atoms with E-state index in [-0.39, 0.29) is 6.04 Å². The molecule has 0 bridgehead atoms. The first-order valence-corrected chi connectivity index (χ1v) is 6.44. The van der Waals surface area contributed by atoms with Crippen LogP contribution in [0.25, 0.3) is 0 Å². The van der Waals surface area contributed by atoms with Crippen LogP contribution >= 0.6 is 39.1 Å². The summed E-state index contributed by atoms with van der Waals surface area (Å²) in [5.41, 5.74) is 7.82. The van der Waals surface area contributed by atoms with Gasteiger partial charge in [-0.25, -0.2) is 0 Å². The Kier molecular flexibility index (Phi) is 4.05. The fraction of sp³-hybridized carbons (Fsp3) is 0.0833. The number of nitrogens with zero attached hydrogens (tertiary/aromatic N) is 1. The van der Waals surface area contributed by atoms with Crippen LogP contribution in [0.3, 0.4) is 0 Å². The molecular formula is C12H9BrCl2N2. The van der Waals surface area contributed by atoms with Gasteiger partial charge in [-0.1, -0.05) is 35.3 Å². The standard InChI is InChI=1S/C12H9BrCl2N2/c13-8-4-7(5-17-6-8)12(16)9-2-1-3-10(14)11(9)15/h1-6,12H,16H2. The molecule has 0 aliphatic carbocycles. The minimum atomic E-state index is -0.341. The summed E-state index contributed by atoms with van der Waals surface area (Å²) in [7, 11) is 0. The molecule has 5 heteroatoms. The Morgan fingerprint density at radius 2 is 2.00 bits per heavy atom. The average Bonchev–Trinajstić information content (AvgIpc) is 2.32. The lowest BCUT2D eigenvalue weighted by molar-refractivity contribution is 0.862. The van der Waals surface area contributed by atoms with Crippen molar-refractivity contribution in [1.29, 1.82) is 0 Å². The largest absolute Gasteiger partial charge is 0.320 e. The van der Waals surface area contributed by atoms with Crippen LogP contribution in [0.5, 0.6) is 0 Å². The quantitative estimate of drug-likeness (QED) is 0.895. The van der Waals surface area contributed by atoms with E-state index >= 15 is 0 Å². The van der Waals surface area contributed by atoms with E-state index in [0.29, 0.717) is 10.0 Å². The molecule has 1 heterocycles. The molecule has 1 atom stereocenters. The summed E-state index contributed by atoms with van der Waals surface area (Å²) >= 11 is 15.5. The Morgan fingerprint density at radius 3 is 2.71 bits per heavy atom. The van der Waals surface area contributed by atoms with Crippen molar-refractivity contribution in [2.75, 3.05) is 0 Å². The first-order valence-electron chi connectivity index (χ1n) is 4.89. The second kappa shape index (κ2) is 5.36. The highest BCUT2D eigenvalue weighted by Crippen LogP contribution is 2.32. The Labute approximate surface area is 118 Å². The molecule has 2 nitrogen and oxygen atoms in total. The monoisotopic (exact) mass is 330 g/mol. The van der Waals surface area contributed by atoms with Gasteiger partial charge in [-0.3, -0.25) is 4.98 Å². The molecule has 0 fully saturated rings. The van der Waals surface area contributed by atoms with Gasteiger partial charge < -0.3 is 5.73 Å². The van der Waals surface area contributed by atoms with Crippen molar-refractivity contribution in [2.24, 2.45) is 5.73 Å². The van der Waals surface area contributed by atoms with Crippen LogP contribution in [0.2, 0.25) is 10.0 Å². The maximum atomic E-state index is 6.15. The minimum absolute atomic E-state index is 0.341. The van der Waals surface area contributed by atoms with Gasteiger partial charge in [0.25, 0.3) is 0 Å². The highest BCUT2D eigenvalue weighted by atomic mass is 79.9. The molecule has 0 radical (unpaired) electrons. The molecule has 0 spiro atoms. The Balaban J connectivity index is 2.44. The molecule has 88 valence electrons. The fourth-order valence-corrected chi connectivity index (χ4v) is 2.35. The van der Waals surface area contributed by atoms with Gasteiger partial charge in [0.05, 0.1) is 16.1 Å². The van der Waals surface area contributed by atoms with E-state index in [9.17, 15) is 0 Å². The molecule has 0 aliphatic heterocycles. The molecule has 0 aliphatic rings. The zero-order chi connectivity index (χ0) is 12.4. The number of rotatable bonds is 2. The Bertz CT molecular complexity index is 546. The Morgan fingerprint density at radius 1 is 1.24 bits per heavy atom. The van der Waals surface area contributed by atoms with Crippen LogP contribution in [-0.4, -0.2) is 4.98 Å². The third-order valence-corrected chi connectivity index (χ3v) is 3.67. The fourth-order valence-electron chi connectivity index (χ4n) is 1.54. The SMILES string of the molecule is NC(c1cncc(Br)c1)c1cccc(Cl)c1Cl. The van der Waals surface area contributed by atoms with Crippen molar-refractivity contribution in [3.8, 4) is 0 Å². The number of nitrogens with two attached hydrogens (primary N) is 1. The summed E-state index contributed by atoms with van der Waals surface area (Å²) in [6, 6.07) is 6.99. The lowest BCUT2D eigenvalue weighted by Crippen LogP contribution is -2.12. The maximum absolute atomic E-state index is 6.15. The van der Waals surface area contributed by atoms with Crippen LogP contribution in [0.15, 0.2) is 41.1 Å². The number of halogens is 3. The second-order valence-electron chi connectivity index (χ2n) is 3.56. The van der Waals surface area contributed by atoms with Gasteiger partial charge in [0.1, 0.15) is 0 Å². The van der Waals surface area contributed by atoms with Crippen LogP contribution in [0.1, 0.15) is 17.2 Å². The van der Waals surface area contributed by atoms with Gasteiger partial charge in [0.15, 0.2) is 0 Å². The third-order valence-electron chi connectivity index (χ3n) is 2.40. The summed E-state index contributed by atoms with van der Waals surface area (Å²) in [6.45, 7) is 0. The van der Waals surface area contributed by atoms with Crippen molar-refractivity contribution >= 4 is 39.1 Å². The smallest absolute Gasteiger partial charge is 0.0643 e. The molecule has 0 saturated heterocycles. The summed E-state index contributed by atoms with van der Waals surface area (Å²) < 4.78 is 0.878. The van der Waals surface area contributed by atoms with Gasteiger partial charge in [0, 0.05) is 16.9 Å². The molecule has 2 aromatic rings.